The number of amides is 1. The summed E-state index contributed by atoms with van der Waals surface area (Å²) in [4.78, 5) is 25.8. The highest BCUT2D eigenvalue weighted by Gasteiger charge is 2.21. The van der Waals surface area contributed by atoms with Crippen LogP contribution in [0.1, 0.15) is 18.9 Å². The minimum absolute atomic E-state index is 0.134. The van der Waals surface area contributed by atoms with Crippen molar-refractivity contribution in [3.05, 3.63) is 64.4 Å². The fourth-order valence-corrected chi connectivity index (χ4v) is 4.32. The van der Waals surface area contributed by atoms with Gasteiger partial charge in [-0.05, 0) is 49.7 Å². The maximum atomic E-state index is 13.1. The SMILES string of the molecule is COCCCn1c(=O)c2ccccc2n2c(SC(C)C(=O)Nc3ccc(C#N)cc3)nnc12. The van der Waals surface area contributed by atoms with E-state index >= 15 is 0 Å². The number of methoxy groups -OCH3 is 1. The minimum atomic E-state index is -0.485. The number of benzene rings is 2. The first kappa shape index (κ1) is 22.5. The van der Waals surface area contributed by atoms with E-state index in [4.69, 9.17) is 10.00 Å². The lowest BCUT2D eigenvalue weighted by molar-refractivity contribution is -0.115. The molecule has 4 aromatic rings. The number of aryl methyl sites for hydroxylation is 1. The number of carbonyl (C=O) groups is 1. The predicted octanol–water partition coefficient (Wildman–Crippen LogP) is 3.07. The van der Waals surface area contributed by atoms with Gasteiger partial charge in [-0.25, -0.2) is 0 Å². The van der Waals surface area contributed by atoms with Gasteiger partial charge in [0.15, 0.2) is 5.16 Å². The lowest BCUT2D eigenvalue weighted by Gasteiger charge is -2.13. The third-order valence-electron chi connectivity index (χ3n) is 5.14. The van der Waals surface area contributed by atoms with E-state index in [-0.39, 0.29) is 11.5 Å². The summed E-state index contributed by atoms with van der Waals surface area (Å²) < 4.78 is 8.54. The molecule has 2 aromatic heterocycles. The molecule has 2 aromatic carbocycles. The maximum Gasteiger partial charge on any atom is 0.262 e. The summed E-state index contributed by atoms with van der Waals surface area (Å²) in [5, 5.41) is 20.9. The molecule has 4 rings (SSSR count). The van der Waals surface area contributed by atoms with Gasteiger partial charge in [-0.2, -0.15) is 5.26 Å². The number of hydrogen-bond acceptors (Lipinski definition) is 7. The van der Waals surface area contributed by atoms with E-state index in [1.54, 1.807) is 48.9 Å². The van der Waals surface area contributed by atoms with Crippen LogP contribution in [0.2, 0.25) is 0 Å². The molecule has 0 spiro atoms. The maximum absolute atomic E-state index is 13.1. The monoisotopic (exact) mass is 462 g/mol. The van der Waals surface area contributed by atoms with E-state index in [2.05, 4.69) is 15.5 Å². The van der Waals surface area contributed by atoms with Crippen molar-refractivity contribution in [1.82, 2.24) is 19.2 Å². The molecule has 1 atom stereocenters. The van der Waals surface area contributed by atoms with Crippen LogP contribution in [0, 0.1) is 11.3 Å². The van der Waals surface area contributed by atoms with Crippen LogP contribution in [0.3, 0.4) is 0 Å². The number of rotatable bonds is 8. The van der Waals surface area contributed by atoms with Gasteiger partial charge >= 0.3 is 0 Å². The summed E-state index contributed by atoms with van der Waals surface area (Å²) >= 11 is 1.26. The van der Waals surface area contributed by atoms with E-state index < -0.39 is 5.25 Å². The topological polar surface area (TPSA) is 114 Å². The Morgan fingerprint density at radius 1 is 1.21 bits per heavy atom. The lowest BCUT2D eigenvalue weighted by atomic mass is 10.2. The van der Waals surface area contributed by atoms with Crippen LogP contribution in [0.5, 0.6) is 0 Å². The fraction of sp³-hybridized carbons (Fsp3) is 0.261. The van der Waals surface area contributed by atoms with Crippen molar-refractivity contribution in [2.45, 2.75) is 30.3 Å². The van der Waals surface area contributed by atoms with Crippen molar-refractivity contribution in [2.75, 3.05) is 19.0 Å². The second kappa shape index (κ2) is 9.85. The molecule has 0 saturated heterocycles. The summed E-state index contributed by atoms with van der Waals surface area (Å²) in [5.41, 5.74) is 1.68. The van der Waals surface area contributed by atoms with Gasteiger partial charge in [0, 0.05) is 25.9 Å². The Morgan fingerprint density at radius 3 is 2.70 bits per heavy atom. The highest BCUT2D eigenvalue weighted by Crippen LogP contribution is 2.26. The smallest absolute Gasteiger partial charge is 0.262 e. The number of anilines is 1. The van der Waals surface area contributed by atoms with Crippen LogP contribution in [-0.2, 0) is 16.1 Å². The highest BCUT2D eigenvalue weighted by atomic mass is 32.2. The summed E-state index contributed by atoms with van der Waals surface area (Å²) in [6.45, 7) is 2.74. The van der Waals surface area contributed by atoms with E-state index in [9.17, 15) is 9.59 Å². The summed E-state index contributed by atoms with van der Waals surface area (Å²) in [7, 11) is 1.62. The van der Waals surface area contributed by atoms with Crippen molar-refractivity contribution in [3.8, 4) is 6.07 Å². The lowest BCUT2D eigenvalue weighted by Crippen LogP contribution is -2.24. The van der Waals surface area contributed by atoms with Crippen molar-refractivity contribution < 1.29 is 9.53 Å². The Hall–Kier alpha value is -3.68. The van der Waals surface area contributed by atoms with Gasteiger partial charge in [0.2, 0.25) is 11.7 Å². The number of para-hydroxylation sites is 1. The molecule has 0 aliphatic carbocycles. The van der Waals surface area contributed by atoms with Gasteiger partial charge in [-0.3, -0.25) is 18.6 Å². The van der Waals surface area contributed by atoms with Gasteiger partial charge in [-0.1, -0.05) is 23.9 Å². The van der Waals surface area contributed by atoms with Crippen molar-refractivity contribution in [3.63, 3.8) is 0 Å². The van der Waals surface area contributed by atoms with Gasteiger partial charge in [-0.15, -0.1) is 10.2 Å². The average molecular weight is 463 g/mol. The van der Waals surface area contributed by atoms with Crippen molar-refractivity contribution in [1.29, 1.82) is 5.26 Å². The van der Waals surface area contributed by atoms with E-state index in [1.807, 2.05) is 28.7 Å². The fourth-order valence-electron chi connectivity index (χ4n) is 3.46. The largest absolute Gasteiger partial charge is 0.385 e. The standard InChI is InChI=1S/C23H22N6O3S/c1-15(20(30)25-17-10-8-16(14-24)9-11-17)33-23-27-26-22-28(12-5-13-32-2)21(31)18-6-3-4-7-19(18)29(22)23/h3-4,6-11,15H,5,12-13H2,1-2H3,(H,25,30). The predicted molar refractivity (Wildman–Crippen MR) is 126 cm³/mol. The van der Waals surface area contributed by atoms with Crippen molar-refractivity contribution in [2.24, 2.45) is 0 Å². The summed E-state index contributed by atoms with van der Waals surface area (Å²) in [6, 6.07) is 16.0. The second-order valence-electron chi connectivity index (χ2n) is 7.38. The number of aromatic nitrogens is 4. The number of carbonyl (C=O) groups excluding carboxylic acids is 1. The Bertz CT molecular complexity index is 1400. The second-order valence-corrected chi connectivity index (χ2v) is 8.68. The quantitative estimate of drug-likeness (QED) is 0.316. The molecule has 1 N–H and O–H groups in total. The number of ether oxygens (including phenoxy) is 1. The van der Waals surface area contributed by atoms with Crippen LogP contribution >= 0.6 is 11.8 Å². The molecule has 0 aliphatic rings. The molecular formula is C23H22N6O3S. The molecule has 0 aliphatic heterocycles. The number of nitrogens with one attached hydrogen (secondary N) is 1. The zero-order valence-electron chi connectivity index (χ0n) is 18.2. The molecule has 0 fully saturated rings. The molecule has 0 saturated carbocycles. The summed E-state index contributed by atoms with van der Waals surface area (Å²) in [5.74, 6) is 0.219. The normalized spacial score (nSPS) is 12.0. The molecule has 0 bridgehead atoms. The van der Waals surface area contributed by atoms with Gasteiger partial charge in [0.1, 0.15) is 0 Å². The van der Waals surface area contributed by atoms with E-state index in [0.29, 0.717) is 52.7 Å². The van der Waals surface area contributed by atoms with Crippen LogP contribution < -0.4 is 10.9 Å². The van der Waals surface area contributed by atoms with Gasteiger partial charge in [0.25, 0.3) is 5.56 Å². The van der Waals surface area contributed by atoms with Gasteiger partial charge in [0.05, 0.1) is 27.8 Å². The molecule has 9 nitrogen and oxygen atoms in total. The minimum Gasteiger partial charge on any atom is -0.385 e. The summed E-state index contributed by atoms with van der Waals surface area (Å²) in [6.07, 6.45) is 0.656. The van der Waals surface area contributed by atoms with Crippen LogP contribution in [0.4, 0.5) is 5.69 Å². The first-order valence-electron chi connectivity index (χ1n) is 10.4. The van der Waals surface area contributed by atoms with Gasteiger partial charge < -0.3 is 10.1 Å². The molecule has 10 heteroatoms. The van der Waals surface area contributed by atoms with Crippen LogP contribution in [0.15, 0.2) is 58.5 Å². The number of thioether (sulfide) groups is 1. The van der Waals surface area contributed by atoms with E-state index in [0.717, 1.165) is 0 Å². The molecule has 1 amide bonds. The molecular weight excluding hydrogens is 440 g/mol. The van der Waals surface area contributed by atoms with E-state index in [1.165, 1.54) is 11.8 Å². The average Bonchev–Trinajstić information content (AvgIpc) is 3.25. The highest BCUT2D eigenvalue weighted by molar-refractivity contribution is 8.00. The molecule has 2 heterocycles. The number of fused-ring (bicyclic) bond motifs is 3. The molecule has 1 unspecified atom stereocenters. The zero-order chi connectivity index (χ0) is 23.4. The first-order chi connectivity index (χ1) is 16.0. The van der Waals surface area contributed by atoms with Crippen LogP contribution in [-0.4, -0.2) is 44.0 Å². The first-order valence-corrected chi connectivity index (χ1v) is 11.2. The third kappa shape index (κ3) is 4.60. The Balaban J connectivity index is 1.65. The zero-order valence-corrected chi connectivity index (χ0v) is 19.0. The third-order valence-corrected chi connectivity index (χ3v) is 6.18. The molecule has 33 heavy (non-hydrogen) atoms. The number of nitrogens with zero attached hydrogens (tertiary/aromatic N) is 5. The van der Waals surface area contributed by atoms with Crippen LogP contribution in [0.25, 0.3) is 16.7 Å². The molecule has 168 valence electrons. The number of nitriles is 1. The number of hydrogen-bond donors (Lipinski definition) is 1. The Labute approximate surface area is 194 Å². The Kier molecular flexibility index (Phi) is 6.72. The van der Waals surface area contributed by atoms with Crippen molar-refractivity contribution >= 4 is 40.0 Å². The Morgan fingerprint density at radius 2 is 1.97 bits per heavy atom. The molecule has 0 radical (unpaired) electrons.